The van der Waals surface area contributed by atoms with Crippen LogP contribution in [0.25, 0.3) is 10.9 Å². The van der Waals surface area contributed by atoms with Gasteiger partial charge in [0.1, 0.15) is 5.75 Å². The molecule has 2 N–H and O–H groups in total. The Hall–Kier alpha value is -3.02. The zero-order valence-corrected chi connectivity index (χ0v) is 12.0. The van der Waals surface area contributed by atoms with Crippen LogP contribution in [0, 0.1) is 0 Å². The standard InChI is InChI=1S/C16H14N4O2/c1-22-13-4-2-10-9-19(16(21)14(10)7-13)12-3-5-15-11(6-12)8-18-20(15)17/h2-8H,9,17H2,1H3. The van der Waals surface area contributed by atoms with Gasteiger partial charge in [-0.3, -0.25) is 4.79 Å². The molecule has 0 bridgehead atoms. The molecule has 6 nitrogen and oxygen atoms in total. The van der Waals surface area contributed by atoms with Crippen LogP contribution in [0.2, 0.25) is 0 Å². The fraction of sp³-hybridized carbons (Fsp3) is 0.125. The van der Waals surface area contributed by atoms with Gasteiger partial charge >= 0.3 is 0 Å². The summed E-state index contributed by atoms with van der Waals surface area (Å²) in [7, 11) is 1.59. The molecule has 0 saturated heterocycles. The summed E-state index contributed by atoms with van der Waals surface area (Å²) in [5, 5.41) is 4.92. The molecule has 0 saturated carbocycles. The Bertz CT molecular complexity index is 900. The number of nitrogen functional groups attached to an aromatic ring is 1. The van der Waals surface area contributed by atoms with E-state index < -0.39 is 0 Å². The smallest absolute Gasteiger partial charge is 0.259 e. The number of fused-ring (bicyclic) bond motifs is 2. The van der Waals surface area contributed by atoms with E-state index in [9.17, 15) is 4.79 Å². The Labute approximate surface area is 126 Å². The molecule has 0 atom stereocenters. The Morgan fingerprint density at radius 3 is 2.91 bits per heavy atom. The predicted octanol–water partition coefficient (Wildman–Crippen LogP) is 1.92. The van der Waals surface area contributed by atoms with Crippen LogP contribution in [0.15, 0.2) is 42.6 Å². The van der Waals surface area contributed by atoms with E-state index >= 15 is 0 Å². The predicted molar refractivity (Wildman–Crippen MR) is 83.4 cm³/mol. The minimum Gasteiger partial charge on any atom is -0.497 e. The molecule has 0 spiro atoms. The quantitative estimate of drug-likeness (QED) is 0.733. The van der Waals surface area contributed by atoms with Gasteiger partial charge < -0.3 is 15.5 Å². The van der Waals surface area contributed by atoms with E-state index in [-0.39, 0.29) is 5.91 Å². The first-order valence-corrected chi connectivity index (χ1v) is 6.89. The third kappa shape index (κ3) is 1.74. The molecule has 22 heavy (non-hydrogen) atoms. The van der Waals surface area contributed by atoms with Crippen LogP contribution in [-0.4, -0.2) is 22.9 Å². The number of nitrogens with zero attached hydrogens (tertiary/aromatic N) is 3. The topological polar surface area (TPSA) is 73.4 Å². The largest absolute Gasteiger partial charge is 0.497 e. The average Bonchev–Trinajstić information content (AvgIpc) is 3.08. The zero-order chi connectivity index (χ0) is 15.3. The van der Waals surface area contributed by atoms with Gasteiger partial charge in [0.2, 0.25) is 0 Å². The number of nitrogens with two attached hydrogens (primary N) is 1. The number of carbonyl (C=O) groups excluding carboxylic acids is 1. The van der Waals surface area contributed by atoms with Crippen molar-refractivity contribution in [2.24, 2.45) is 0 Å². The summed E-state index contributed by atoms with van der Waals surface area (Å²) >= 11 is 0. The second-order valence-electron chi connectivity index (χ2n) is 5.25. The van der Waals surface area contributed by atoms with Crippen LogP contribution in [0.4, 0.5) is 5.69 Å². The summed E-state index contributed by atoms with van der Waals surface area (Å²) in [6, 6.07) is 11.3. The number of aromatic nitrogens is 2. The molecule has 0 unspecified atom stereocenters. The molecular weight excluding hydrogens is 280 g/mol. The lowest BCUT2D eigenvalue weighted by molar-refractivity contribution is 0.0996. The van der Waals surface area contributed by atoms with E-state index in [1.54, 1.807) is 24.3 Å². The van der Waals surface area contributed by atoms with Crippen LogP contribution < -0.4 is 15.5 Å². The number of anilines is 1. The molecule has 0 radical (unpaired) electrons. The highest BCUT2D eigenvalue weighted by Crippen LogP contribution is 2.32. The number of benzene rings is 2. The maximum absolute atomic E-state index is 12.6. The monoisotopic (exact) mass is 294 g/mol. The lowest BCUT2D eigenvalue weighted by atomic mass is 10.1. The summed E-state index contributed by atoms with van der Waals surface area (Å²) in [5.41, 5.74) is 3.35. The van der Waals surface area contributed by atoms with Gasteiger partial charge in [0.05, 0.1) is 25.4 Å². The van der Waals surface area contributed by atoms with Crippen molar-refractivity contribution in [3.63, 3.8) is 0 Å². The van der Waals surface area contributed by atoms with Crippen LogP contribution in [-0.2, 0) is 6.54 Å². The minimum absolute atomic E-state index is 0.0200. The summed E-state index contributed by atoms with van der Waals surface area (Å²) in [6.45, 7) is 0.556. The number of hydrogen-bond donors (Lipinski definition) is 1. The highest BCUT2D eigenvalue weighted by Gasteiger charge is 2.29. The maximum Gasteiger partial charge on any atom is 0.259 e. The van der Waals surface area contributed by atoms with Crippen molar-refractivity contribution in [3.05, 3.63) is 53.7 Å². The van der Waals surface area contributed by atoms with Crippen molar-refractivity contribution in [1.82, 2.24) is 9.89 Å². The number of rotatable bonds is 2. The fourth-order valence-corrected chi connectivity index (χ4v) is 2.82. The molecule has 1 aliphatic rings. The Kier molecular flexibility index (Phi) is 2.59. The van der Waals surface area contributed by atoms with E-state index in [1.807, 2.05) is 30.3 Å². The van der Waals surface area contributed by atoms with Crippen molar-refractivity contribution < 1.29 is 9.53 Å². The van der Waals surface area contributed by atoms with E-state index in [0.717, 1.165) is 22.2 Å². The molecular formula is C16H14N4O2. The lowest BCUT2D eigenvalue weighted by Crippen LogP contribution is -2.22. The van der Waals surface area contributed by atoms with Gasteiger partial charge in [-0.25, -0.2) is 0 Å². The maximum atomic E-state index is 12.6. The lowest BCUT2D eigenvalue weighted by Gasteiger charge is -2.15. The number of amides is 1. The van der Waals surface area contributed by atoms with Gasteiger partial charge in [-0.05, 0) is 35.9 Å². The summed E-state index contributed by atoms with van der Waals surface area (Å²) in [6.07, 6.45) is 1.69. The van der Waals surface area contributed by atoms with Crippen molar-refractivity contribution in [2.75, 3.05) is 17.9 Å². The van der Waals surface area contributed by atoms with Gasteiger partial charge in [-0.2, -0.15) is 9.89 Å². The Morgan fingerprint density at radius 1 is 1.23 bits per heavy atom. The van der Waals surface area contributed by atoms with E-state index in [1.165, 1.54) is 4.79 Å². The van der Waals surface area contributed by atoms with Gasteiger partial charge in [0.25, 0.3) is 5.91 Å². The molecule has 1 aliphatic heterocycles. The van der Waals surface area contributed by atoms with Crippen LogP contribution in [0.5, 0.6) is 5.75 Å². The molecule has 0 aliphatic carbocycles. The number of carbonyl (C=O) groups is 1. The van der Waals surface area contributed by atoms with Crippen LogP contribution in [0.3, 0.4) is 0 Å². The van der Waals surface area contributed by atoms with Crippen molar-refractivity contribution in [3.8, 4) is 5.75 Å². The first-order valence-electron chi connectivity index (χ1n) is 6.89. The van der Waals surface area contributed by atoms with Gasteiger partial charge in [0, 0.05) is 16.6 Å². The molecule has 1 amide bonds. The van der Waals surface area contributed by atoms with E-state index in [0.29, 0.717) is 17.9 Å². The number of methoxy groups -OCH3 is 1. The van der Waals surface area contributed by atoms with Gasteiger partial charge in [0.15, 0.2) is 0 Å². The summed E-state index contributed by atoms with van der Waals surface area (Å²) in [5.74, 6) is 6.39. The number of hydrogen-bond acceptors (Lipinski definition) is 4. The average molecular weight is 294 g/mol. The zero-order valence-electron chi connectivity index (χ0n) is 12.0. The third-order valence-corrected chi connectivity index (χ3v) is 4.01. The Morgan fingerprint density at radius 2 is 2.09 bits per heavy atom. The highest BCUT2D eigenvalue weighted by atomic mass is 16.5. The Balaban J connectivity index is 1.75. The number of ether oxygens (including phenoxy) is 1. The van der Waals surface area contributed by atoms with Gasteiger partial charge in [-0.15, -0.1) is 0 Å². The molecule has 1 aromatic heterocycles. The molecule has 2 aromatic carbocycles. The second kappa shape index (κ2) is 4.49. The van der Waals surface area contributed by atoms with Crippen LogP contribution >= 0.6 is 0 Å². The van der Waals surface area contributed by atoms with Crippen LogP contribution in [0.1, 0.15) is 15.9 Å². The van der Waals surface area contributed by atoms with Gasteiger partial charge in [-0.1, -0.05) is 6.07 Å². The van der Waals surface area contributed by atoms with E-state index in [2.05, 4.69) is 5.10 Å². The molecule has 4 rings (SSSR count). The summed E-state index contributed by atoms with van der Waals surface area (Å²) < 4.78 is 5.19. The SMILES string of the molecule is COc1ccc2c(c1)C(=O)N(c1ccc3c(cnn3N)c1)C2. The minimum atomic E-state index is -0.0200. The molecule has 6 heteroatoms. The van der Waals surface area contributed by atoms with Crippen molar-refractivity contribution in [1.29, 1.82) is 0 Å². The molecule has 3 aromatic rings. The summed E-state index contributed by atoms with van der Waals surface area (Å²) in [4.78, 5) is 15.7. The second-order valence-corrected chi connectivity index (χ2v) is 5.25. The normalized spacial score (nSPS) is 13.7. The first kappa shape index (κ1) is 12.7. The fourth-order valence-electron chi connectivity index (χ4n) is 2.82. The van der Waals surface area contributed by atoms with Crippen molar-refractivity contribution >= 4 is 22.5 Å². The molecule has 110 valence electrons. The molecule has 2 heterocycles. The van der Waals surface area contributed by atoms with E-state index in [4.69, 9.17) is 10.6 Å². The highest BCUT2D eigenvalue weighted by molar-refractivity contribution is 6.10. The third-order valence-electron chi connectivity index (χ3n) is 4.01. The van der Waals surface area contributed by atoms with Crippen molar-refractivity contribution in [2.45, 2.75) is 6.54 Å². The molecule has 0 fully saturated rings. The first-order chi connectivity index (χ1) is 10.7.